The van der Waals surface area contributed by atoms with Crippen molar-refractivity contribution >= 4 is 34.0 Å². The number of hydrogen-bond donors (Lipinski definition) is 1. The molecule has 1 saturated heterocycles. The van der Waals surface area contributed by atoms with E-state index in [1.165, 1.54) is 0 Å². The van der Waals surface area contributed by atoms with Crippen molar-refractivity contribution in [1.82, 2.24) is 15.3 Å². The van der Waals surface area contributed by atoms with Gasteiger partial charge in [0.25, 0.3) is 0 Å². The first-order chi connectivity index (χ1) is 12.4. The molecule has 2 aromatic heterocycles. The molecule has 3 aromatic rings. The summed E-state index contributed by atoms with van der Waals surface area (Å²) >= 11 is 0. The van der Waals surface area contributed by atoms with Crippen LogP contribution in [0.25, 0.3) is 22.1 Å². The average Bonchev–Trinajstić information content (AvgIpc) is 3.17. The van der Waals surface area contributed by atoms with Crippen LogP contribution in [0.15, 0.2) is 35.0 Å². The van der Waals surface area contributed by atoms with Crippen LogP contribution in [0.5, 0.6) is 0 Å². The number of ether oxygens (including phenoxy) is 1. The van der Waals surface area contributed by atoms with E-state index in [1.54, 1.807) is 6.33 Å². The van der Waals surface area contributed by atoms with Gasteiger partial charge in [0.1, 0.15) is 23.0 Å². The minimum absolute atomic E-state index is 0.0132. The number of rotatable bonds is 2. The Morgan fingerprint density at radius 1 is 1.31 bits per heavy atom. The molecule has 0 radical (unpaired) electrons. The van der Waals surface area contributed by atoms with Gasteiger partial charge in [-0.05, 0) is 39.3 Å². The number of aromatic nitrogens is 2. The fourth-order valence-corrected chi connectivity index (χ4v) is 3.28. The van der Waals surface area contributed by atoms with Crippen LogP contribution in [-0.2, 0) is 4.74 Å². The lowest BCUT2D eigenvalue weighted by atomic mass is 10.2. The average molecular weight is 354 g/mol. The molecule has 3 heterocycles. The van der Waals surface area contributed by atoms with E-state index in [2.05, 4.69) is 20.2 Å². The smallest absolute Gasteiger partial charge is 0.407 e. The van der Waals surface area contributed by atoms with Gasteiger partial charge in [-0.2, -0.15) is 0 Å². The second-order valence-electron chi connectivity index (χ2n) is 7.55. The highest BCUT2D eigenvalue weighted by Crippen LogP contribution is 2.33. The highest BCUT2D eigenvalue weighted by Gasteiger charge is 2.29. The molecule has 0 aliphatic carbocycles. The fourth-order valence-electron chi connectivity index (χ4n) is 3.28. The molecule has 1 aromatic carbocycles. The van der Waals surface area contributed by atoms with E-state index in [4.69, 9.17) is 9.15 Å². The number of fused-ring (bicyclic) bond motifs is 3. The van der Waals surface area contributed by atoms with Crippen LogP contribution in [0.3, 0.4) is 0 Å². The molecule has 1 N–H and O–H groups in total. The van der Waals surface area contributed by atoms with E-state index in [-0.39, 0.29) is 12.1 Å². The van der Waals surface area contributed by atoms with Gasteiger partial charge in [-0.1, -0.05) is 12.1 Å². The number of nitrogens with zero attached hydrogens (tertiary/aromatic N) is 3. The maximum absolute atomic E-state index is 12.0. The van der Waals surface area contributed by atoms with Crippen molar-refractivity contribution in [3.63, 3.8) is 0 Å². The van der Waals surface area contributed by atoms with E-state index < -0.39 is 5.60 Å². The summed E-state index contributed by atoms with van der Waals surface area (Å²) in [5.74, 6) is 0.764. The zero-order chi connectivity index (χ0) is 18.3. The standard InChI is InChI=1S/C19H22N4O3/c1-19(2,3)26-18(24)22-12-8-9-23(10-12)17-16-15(20-11-21-17)13-6-4-5-7-14(13)25-16/h4-7,11-12H,8-10H2,1-3H3,(H,22,24)/t12-/m0/s1. The normalized spacial score (nSPS) is 17.8. The van der Waals surface area contributed by atoms with Gasteiger partial charge in [0.15, 0.2) is 11.4 Å². The monoisotopic (exact) mass is 354 g/mol. The summed E-state index contributed by atoms with van der Waals surface area (Å²) in [6, 6.07) is 7.84. The highest BCUT2D eigenvalue weighted by atomic mass is 16.6. The summed E-state index contributed by atoms with van der Waals surface area (Å²) in [7, 11) is 0. The Morgan fingerprint density at radius 2 is 2.12 bits per heavy atom. The van der Waals surface area contributed by atoms with Gasteiger partial charge in [-0.3, -0.25) is 0 Å². The SMILES string of the molecule is CC(C)(C)OC(=O)N[C@H]1CCN(c2ncnc3c2oc2ccccc23)C1. The number of carbonyl (C=O) groups excluding carboxylic acids is 1. The molecular weight excluding hydrogens is 332 g/mol. The van der Waals surface area contributed by atoms with Gasteiger partial charge in [0.2, 0.25) is 0 Å². The molecule has 136 valence electrons. The van der Waals surface area contributed by atoms with E-state index >= 15 is 0 Å². The van der Waals surface area contributed by atoms with E-state index in [0.717, 1.165) is 35.3 Å². The number of carbonyl (C=O) groups is 1. The molecule has 0 saturated carbocycles. The largest absolute Gasteiger partial charge is 0.450 e. The van der Waals surface area contributed by atoms with Gasteiger partial charge in [-0.15, -0.1) is 0 Å². The third kappa shape index (κ3) is 3.16. The third-order valence-electron chi connectivity index (χ3n) is 4.35. The lowest BCUT2D eigenvalue weighted by Gasteiger charge is -2.22. The molecule has 0 spiro atoms. The van der Waals surface area contributed by atoms with E-state index in [0.29, 0.717) is 12.1 Å². The fraction of sp³-hybridized carbons (Fsp3) is 0.421. The first kappa shape index (κ1) is 16.6. The molecular formula is C19H22N4O3. The lowest BCUT2D eigenvalue weighted by molar-refractivity contribution is 0.0509. The quantitative estimate of drug-likeness (QED) is 0.759. The summed E-state index contributed by atoms with van der Waals surface area (Å²) < 4.78 is 11.3. The second-order valence-corrected chi connectivity index (χ2v) is 7.55. The Hall–Kier alpha value is -2.83. The molecule has 1 atom stereocenters. The zero-order valence-corrected chi connectivity index (χ0v) is 15.2. The van der Waals surface area contributed by atoms with Gasteiger partial charge in [-0.25, -0.2) is 14.8 Å². The van der Waals surface area contributed by atoms with Crippen molar-refractivity contribution in [2.24, 2.45) is 0 Å². The molecule has 7 heteroatoms. The number of benzene rings is 1. The third-order valence-corrected chi connectivity index (χ3v) is 4.35. The van der Waals surface area contributed by atoms with Crippen LogP contribution < -0.4 is 10.2 Å². The molecule has 0 bridgehead atoms. The van der Waals surface area contributed by atoms with Crippen molar-refractivity contribution in [1.29, 1.82) is 0 Å². The maximum Gasteiger partial charge on any atom is 0.407 e. The molecule has 1 amide bonds. The van der Waals surface area contributed by atoms with Crippen LogP contribution in [-0.4, -0.2) is 40.8 Å². The molecule has 0 unspecified atom stereocenters. The van der Waals surface area contributed by atoms with Crippen molar-refractivity contribution in [2.75, 3.05) is 18.0 Å². The van der Waals surface area contributed by atoms with Crippen LogP contribution in [0.2, 0.25) is 0 Å². The van der Waals surface area contributed by atoms with E-state index in [9.17, 15) is 4.79 Å². The molecule has 26 heavy (non-hydrogen) atoms. The minimum atomic E-state index is -0.504. The first-order valence-electron chi connectivity index (χ1n) is 8.77. The number of para-hydroxylation sites is 1. The number of nitrogens with one attached hydrogen (secondary N) is 1. The first-order valence-corrected chi connectivity index (χ1v) is 8.77. The topological polar surface area (TPSA) is 80.5 Å². The van der Waals surface area contributed by atoms with Gasteiger partial charge in [0, 0.05) is 18.5 Å². The Kier molecular flexibility index (Phi) is 3.94. The van der Waals surface area contributed by atoms with Gasteiger partial charge < -0.3 is 19.4 Å². The summed E-state index contributed by atoms with van der Waals surface area (Å²) in [6.07, 6.45) is 2.00. The molecule has 1 aliphatic rings. The predicted molar refractivity (Wildman–Crippen MR) is 99.3 cm³/mol. The second kappa shape index (κ2) is 6.16. The molecule has 7 nitrogen and oxygen atoms in total. The lowest BCUT2D eigenvalue weighted by Crippen LogP contribution is -2.40. The van der Waals surface area contributed by atoms with Gasteiger partial charge >= 0.3 is 6.09 Å². The van der Waals surface area contributed by atoms with Crippen molar-refractivity contribution < 1.29 is 13.9 Å². The molecule has 1 fully saturated rings. The van der Waals surface area contributed by atoms with Crippen molar-refractivity contribution in [3.05, 3.63) is 30.6 Å². The summed E-state index contributed by atoms with van der Waals surface area (Å²) in [5.41, 5.74) is 1.79. The highest BCUT2D eigenvalue weighted by molar-refractivity contribution is 6.05. The molecule has 4 rings (SSSR count). The number of hydrogen-bond acceptors (Lipinski definition) is 6. The Bertz CT molecular complexity index is 960. The number of amides is 1. The Balaban J connectivity index is 1.55. The minimum Gasteiger partial charge on any atom is -0.450 e. The number of furan rings is 1. The summed E-state index contributed by atoms with van der Waals surface area (Å²) in [6.45, 7) is 7.00. The Morgan fingerprint density at radius 3 is 2.92 bits per heavy atom. The van der Waals surface area contributed by atoms with Crippen molar-refractivity contribution in [3.8, 4) is 0 Å². The van der Waals surface area contributed by atoms with Crippen LogP contribution >= 0.6 is 0 Å². The number of anilines is 1. The maximum atomic E-state index is 12.0. The summed E-state index contributed by atoms with van der Waals surface area (Å²) in [5, 5.41) is 3.91. The predicted octanol–water partition coefficient (Wildman–Crippen LogP) is 3.48. The van der Waals surface area contributed by atoms with Crippen LogP contribution in [0.4, 0.5) is 10.6 Å². The number of alkyl carbamates (subject to hydrolysis) is 1. The van der Waals surface area contributed by atoms with Crippen molar-refractivity contribution in [2.45, 2.75) is 38.8 Å². The van der Waals surface area contributed by atoms with Gasteiger partial charge in [0.05, 0.1) is 6.04 Å². The zero-order valence-electron chi connectivity index (χ0n) is 15.2. The van der Waals surface area contributed by atoms with Crippen LogP contribution in [0, 0.1) is 0 Å². The summed E-state index contributed by atoms with van der Waals surface area (Å²) in [4.78, 5) is 22.9. The molecule has 1 aliphatic heterocycles. The van der Waals surface area contributed by atoms with Crippen LogP contribution in [0.1, 0.15) is 27.2 Å². The Labute approximate surface area is 151 Å². The van der Waals surface area contributed by atoms with E-state index in [1.807, 2.05) is 45.0 Å².